The summed E-state index contributed by atoms with van der Waals surface area (Å²) in [5.41, 5.74) is 2.42. The van der Waals surface area contributed by atoms with Crippen LogP contribution in [-0.4, -0.2) is 46.5 Å². The van der Waals surface area contributed by atoms with E-state index in [1.54, 1.807) is 12.1 Å². The summed E-state index contributed by atoms with van der Waals surface area (Å²) in [6, 6.07) is 16.8. The Hall–Kier alpha value is -2.01. The van der Waals surface area contributed by atoms with E-state index < -0.39 is 6.10 Å². The monoisotopic (exact) mass is 350 g/mol. The van der Waals surface area contributed by atoms with Crippen LogP contribution in [0.4, 0.5) is 0 Å². The lowest BCUT2D eigenvalue weighted by atomic mass is 9.99. The third-order valence-corrected chi connectivity index (χ3v) is 5.63. The zero-order chi connectivity index (χ0) is 17.9. The van der Waals surface area contributed by atoms with E-state index in [1.807, 2.05) is 42.5 Å². The summed E-state index contributed by atoms with van der Waals surface area (Å²) in [5.74, 6) is -0.248. The molecule has 2 unspecified atom stereocenters. The molecule has 0 saturated carbocycles. The summed E-state index contributed by atoms with van der Waals surface area (Å²) < 4.78 is 0. The predicted molar refractivity (Wildman–Crippen MR) is 102 cm³/mol. The molecule has 0 aromatic heterocycles. The van der Waals surface area contributed by atoms with E-state index in [0.29, 0.717) is 17.3 Å². The summed E-state index contributed by atoms with van der Waals surface area (Å²) in [7, 11) is 0. The topological polar surface area (TPSA) is 43.8 Å². The summed E-state index contributed by atoms with van der Waals surface area (Å²) in [5, 5.41) is 10.3. The summed E-state index contributed by atoms with van der Waals surface area (Å²) in [6.45, 7) is 4.53. The smallest absolute Gasteiger partial charge is 0.195 e. The molecule has 0 bridgehead atoms. The molecule has 26 heavy (non-hydrogen) atoms. The van der Waals surface area contributed by atoms with Crippen LogP contribution in [0.5, 0.6) is 0 Å². The minimum atomic E-state index is -1.10. The molecule has 4 rings (SSSR count). The molecule has 0 radical (unpaired) electrons. The number of carbonyl (C=O) groups is 1. The lowest BCUT2D eigenvalue weighted by molar-refractivity contribution is 0.0287. The van der Waals surface area contributed by atoms with Crippen molar-refractivity contribution in [2.45, 2.75) is 38.1 Å². The van der Waals surface area contributed by atoms with Gasteiger partial charge in [-0.2, -0.15) is 0 Å². The van der Waals surface area contributed by atoms with Crippen molar-refractivity contribution in [1.29, 1.82) is 0 Å². The zero-order valence-electron chi connectivity index (χ0n) is 15.1. The maximum atomic E-state index is 12.5. The highest BCUT2D eigenvalue weighted by Crippen LogP contribution is 2.26. The van der Waals surface area contributed by atoms with Gasteiger partial charge >= 0.3 is 0 Å². The maximum absolute atomic E-state index is 12.5. The first kappa shape index (κ1) is 17.4. The van der Waals surface area contributed by atoms with Gasteiger partial charge in [0.05, 0.1) is 6.17 Å². The van der Waals surface area contributed by atoms with Gasteiger partial charge in [-0.3, -0.25) is 14.6 Å². The van der Waals surface area contributed by atoms with E-state index in [4.69, 9.17) is 0 Å². The van der Waals surface area contributed by atoms with E-state index >= 15 is 0 Å². The van der Waals surface area contributed by atoms with Crippen molar-refractivity contribution in [3.63, 3.8) is 0 Å². The minimum Gasteiger partial charge on any atom is -0.380 e. The number of nitrogens with zero attached hydrogens (tertiary/aromatic N) is 2. The van der Waals surface area contributed by atoms with Crippen LogP contribution in [0.3, 0.4) is 0 Å². The average molecular weight is 350 g/mol. The van der Waals surface area contributed by atoms with Gasteiger partial charge in [0.2, 0.25) is 0 Å². The van der Waals surface area contributed by atoms with Crippen LogP contribution >= 0.6 is 0 Å². The number of benzene rings is 2. The van der Waals surface area contributed by atoms with Crippen molar-refractivity contribution >= 4 is 5.78 Å². The predicted octanol–water partition coefficient (Wildman–Crippen LogP) is 3.23. The third-order valence-electron chi connectivity index (χ3n) is 5.63. The van der Waals surface area contributed by atoms with Crippen molar-refractivity contribution in [1.82, 2.24) is 9.80 Å². The van der Waals surface area contributed by atoms with Crippen molar-refractivity contribution < 1.29 is 9.90 Å². The molecule has 2 fully saturated rings. The molecule has 4 nitrogen and oxygen atoms in total. The van der Waals surface area contributed by atoms with E-state index in [9.17, 15) is 9.90 Å². The molecule has 2 aromatic rings. The van der Waals surface area contributed by atoms with Crippen LogP contribution in [0, 0.1) is 0 Å². The first-order valence-electron chi connectivity index (χ1n) is 9.56. The van der Waals surface area contributed by atoms with Crippen LogP contribution in [0.25, 0.3) is 0 Å². The zero-order valence-corrected chi connectivity index (χ0v) is 15.1. The Bertz CT molecular complexity index is 744. The van der Waals surface area contributed by atoms with E-state index in [1.165, 1.54) is 37.9 Å². The number of hydrogen-bond donors (Lipinski definition) is 1. The lowest BCUT2D eigenvalue weighted by Crippen LogP contribution is -2.49. The molecule has 0 aliphatic carbocycles. The number of rotatable bonds is 5. The molecule has 2 saturated heterocycles. The second-order valence-electron chi connectivity index (χ2n) is 7.36. The first-order valence-corrected chi connectivity index (χ1v) is 9.56. The van der Waals surface area contributed by atoms with Crippen LogP contribution in [0.2, 0.25) is 0 Å². The van der Waals surface area contributed by atoms with E-state index in [2.05, 4.69) is 9.80 Å². The number of carbonyl (C=O) groups excluding carboxylic acids is 1. The Labute approximate surface area is 155 Å². The number of ketones is 1. The van der Waals surface area contributed by atoms with Crippen LogP contribution in [-0.2, 0) is 6.54 Å². The van der Waals surface area contributed by atoms with Gasteiger partial charge in [0, 0.05) is 25.2 Å². The van der Waals surface area contributed by atoms with Crippen LogP contribution in [0.15, 0.2) is 54.6 Å². The lowest BCUT2D eigenvalue weighted by Gasteiger charge is -2.40. The second-order valence-corrected chi connectivity index (χ2v) is 7.36. The fraction of sp³-hybridized carbons (Fsp3) is 0.409. The van der Waals surface area contributed by atoms with Gasteiger partial charge in [-0.25, -0.2) is 0 Å². The SMILES string of the molecule is O=C(c1ccc(CN2CCCN3CCCC32)cc1)C(O)c1ccccc1. The molecular weight excluding hydrogens is 324 g/mol. The van der Waals surface area contributed by atoms with Crippen molar-refractivity contribution in [3.05, 3.63) is 71.3 Å². The number of aliphatic hydroxyl groups excluding tert-OH is 1. The third kappa shape index (κ3) is 3.58. The van der Waals surface area contributed by atoms with Crippen molar-refractivity contribution in [3.8, 4) is 0 Å². The highest BCUT2D eigenvalue weighted by Gasteiger charge is 2.32. The molecule has 1 N–H and O–H groups in total. The van der Waals surface area contributed by atoms with Crippen LogP contribution < -0.4 is 0 Å². The van der Waals surface area contributed by atoms with E-state index in [0.717, 1.165) is 13.1 Å². The Morgan fingerprint density at radius 2 is 1.73 bits per heavy atom. The highest BCUT2D eigenvalue weighted by atomic mass is 16.3. The fourth-order valence-electron chi connectivity index (χ4n) is 4.25. The molecule has 2 aliphatic rings. The largest absolute Gasteiger partial charge is 0.380 e. The Kier molecular flexibility index (Phi) is 5.16. The summed E-state index contributed by atoms with van der Waals surface area (Å²) in [6.07, 6.45) is 3.28. The molecule has 0 spiro atoms. The normalized spacial score (nSPS) is 22.1. The van der Waals surface area contributed by atoms with Gasteiger partial charge in [-0.1, -0.05) is 54.6 Å². The van der Waals surface area contributed by atoms with Gasteiger partial charge in [-0.15, -0.1) is 0 Å². The number of Topliss-reactive ketones (excluding diaryl/α,β-unsaturated/α-hetero) is 1. The van der Waals surface area contributed by atoms with Gasteiger partial charge in [0.1, 0.15) is 6.10 Å². The average Bonchev–Trinajstić information content (AvgIpc) is 3.18. The molecular formula is C22H26N2O2. The molecule has 0 amide bonds. The Morgan fingerprint density at radius 1 is 1.00 bits per heavy atom. The fourth-order valence-corrected chi connectivity index (χ4v) is 4.25. The molecule has 2 heterocycles. The van der Waals surface area contributed by atoms with Crippen LogP contribution in [0.1, 0.15) is 46.9 Å². The molecule has 2 aliphatic heterocycles. The Morgan fingerprint density at radius 3 is 2.50 bits per heavy atom. The Balaban J connectivity index is 1.42. The van der Waals surface area contributed by atoms with Crippen molar-refractivity contribution in [2.75, 3.05) is 19.6 Å². The quantitative estimate of drug-likeness (QED) is 0.841. The second kappa shape index (κ2) is 7.70. The van der Waals surface area contributed by atoms with Gasteiger partial charge < -0.3 is 5.11 Å². The molecule has 4 heteroatoms. The maximum Gasteiger partial charge on any atom is 0.195 e. The number of hydrogen-bond acceptors (Lipinski definition) is 4. The number of aliphatic hydroxyl groups is 1. The molecule has 2 atom stereocenters. The highest BCUT2D eigenvalue weighted by molar-refractivity contribution is 5.99. The summed E-state index contributed by atoms with van der Waals surface area (Å²) in [4.78, 5) is 17.7. The minimum absolute atomic E-state index is 0.248. The van der Waals surface area contributed by atoms with Crippen molar-refractivity contribution in [2.24, 2.45) is 0 Å². The first-order chi connectivity index (χ1) is 12.7. The number of fused-ring (bicyclic) bond motifs is 1. The summed E-state index contributed by atoms with van der Waals surface area (Å²) >= 11 is 0. The molecule has 2 aromatic carbocycles. The van der Waals surface area contributed by atoms with Gasteiger partial charge in [0.25, 0.3) is 0 Å². The van der Waals surface area contributed by atoms with E-state index in [-0.39, 0.29) is 5.78 Å². The van der Waals surface area contributed by atoms with Gasteiger partial charge in [0.15, 0.2) is 5.78 Å². The van der Waals surface area contributed by atoms with Gasteiger partial charge in [-0.05, 0) is 36.9 Å². The standard InChI is InChI=1S/C22H26N2O2/c25-21(18-6-2-1-3-7-18)22(26)19-11-9-17(10-12-19)16-24-15-5-14-23-13-4-8-20(23)24/h1-3,6-7,9-12,20-21,25H,4-5,8,13-16H2. The molecule has 136 valence electrons.